The lowest BCUT2D eigenvalue weighted by Gasteiger charge is -2.21. The summed E-state index contributed by atoms with van der Waals surface area (Å²) in [4.78, 5) is 48.3. The van der Waals surface area contributed by atoms with Gasteiger partial charge in [-0.2, -0.15) is 0 Å². The van der Waals surface area contributed by atoms with Crippen molar-refractivity contribution in [2.24, 2.45) is 0 Å². The molecule has 0 bridgehead atoms. The van der Waals surface area contributed by atoms with E-state index in [1.165, 1.54) is 11.9 Å². The summed E-state index contributed by atoms with van der Waals surface area (Å²) >= 11 is 1.29. The van der Waals surface area contributed by atoms with E-state index in [1.54, 1.807) is 7.11 Å². The van der Waals surface area contributed by atoms with Gasteiger partial charge >= 0.3 is 0 Å². The maximum absolute atomic E-state index is 12.4. The molecule has 2 rings (SSSR count). The van der Waals surface area contributed by atoms with Crippen molar-refractivity contribution in [3.63, 3.8) is 0 Å². The third-order valence-corrected chi connectivity index (χ3v) is 5.41. The van der Waals surface area contributed by atoms with Crippen molar-refractivity contribution >= 4 is 36.0 Å². The Kier molecular flexibility index (Phi) is 7.19. The number of aldehydes is 1. The Hall–Kier alpha value is -1.45. The first-order chi connectivity index (χ1) is 11.6. The first-order valence-corrected chi connectivity index (χ1v) is 8.89. The van der Waals surface area contributed by atoms with Gasteiger partial charge in [-0.3, -0.25) is 19.3 Å². The number of ether oxygens (including phenoxy) is 1. The van der Waals surface area contributed by atoms with Crippen molar-refractivity contribution in [2.45, 2.75) is 37.0 Å². The van der Waals surface area contributed by atoms with Crippen LogP contribution in [0.25, 0.3) is 0 Å². The van der Waals surface area contributed by atoms with E-state index in [0.29, 0.717) is 13.2 Å². The molecule has 0 radical (unpaired) electrons. The van der Waals surface area contributed by atoms with E-state index in [1.807, 2.05) is 4.31 Å². The van der Waals surface area contributed by atoms with Crippen molar-refractivity contribution < 1.29 is 23.9 Å². The SMILES string of the molecule is COCCNC(=O)CCN1C(=O)CC(SN2CCC[C@H]2C=O)C1=O. The maximum atomic E-state index is 12.4. The van der Waals surface area contributed by atoms with Gasteiger partial charge in [0.2, 0.25) is 17.7 Å². The van der Waals surface area contributed by atoms with Crippen LogP contribution in [0.5, 0.6) is 0 Å². The molecule has 2 aliphatic rings. The number of hydrogen-bond acceptors (Lipinski definition) is 7. The van der Waals surface area contributed by atoms with Crippen LogP contribution in [-0.4, -0.2) is 77.9 Å². The smallest absolute Gasteiger partial charge is 0.244 e. The second kappa shape index (κ2) is 9.14. The van der Waals surface area contributed by atoms with Crippen LogP contribution in [-0.2, 0) is 23.9 Å². The number of likely N-dealkylation sites (tertiary alicyclic amines) is 1. The van der Waals surface area contributed by atoms with E-state index >= 15 is 0 Å². The minimum atomic E-state index is -0.491. The van der Waals surface area contributed by atoms with Gasteiger partial charge in [-0.05, 0) is 12.8 Å². The van der Waals surface area contributed by atoms with Gasteiger partial charge in [0.15, 0.2) is 0 Å². The Balaban J connectivity index is 1.80. The standard InChI is InChI=1S/C15H23N3O5S/c1-23-8-5-16-13(20)4-7-17-14(21)9-12(15(17)22)24-18-6-2-3-11(18)10-19/h10-12H,2-9H2,1H3,(H,16,20)/t11-,12?/m0/s1. The highest BCUT2D eigenvalue weighted by Crippen LogP contribution is 2.33. The number of amides is 3. The zero-order chi connectivity index (χ0) is 17.5. The van der Waals surface area contributed by atoms with Crippen LogP contribution in [0.4, 0.5) is 0 Å². The van der Waals surface area contributed by atoms with Gasteiger partial charge in [-0.15, -0.1) is 0 Å². The topological polar surface area (TPSA) is 96.0 Å². The van der Waals surface area contributed by atoms with Crippen molar-refractivity contribution in [1.29, 1.82) is 0 Å². The Labute approximate surface area is 145 Å². The second-order valence-electron chi connectivity index (χ2n) is 5.76. The summed E-state index contributed by atoms with van der Waals surface area (Å²) in [7, 11) is 1.54. The van der Waals surface area contributed by atoms with Gasteiger partial charge in [-0.1, -0.05) is 11.9 Å². The number of rotatable bonds is 9. The van der Waals surface area contributed by atoms with E-state index in [9.17, 15) is 19.2 Å². The van der Waals surface area contributed by atoms with Crippen molar-refractivity contribution in [3.05, 3.63) is 0 Å². The molecule has 1 unspecified atom stereocenters. The third kappa shape index (κ3) is 4.78. The van der Waals surface area contributed by atoms with Gasteiger partial charge in [0.25, 0.3) is 0 Å². The van der Waals surface area contributed by atoms with E-state index in [4.69, 9.17) is 4.74 Å². The molecule has 134 valence electrons. The maximum Gasteiger partial charge on any atom is 0.244 e. The van der Waals surface area contributed by atoms with Gasteiger partial charge in [-0.25, -0.2) is 4.31 Å². The zero-order valence-electron chi connectivity index (χ0n) is 13.7. The quantitative estimate of drug-likeness (QED) is 0.259. The average molecular weight is 357 g/mol. The Morgan fingerprint density at radius 1 is 1.46 bits per heavy atom. The molecule has 3 amide bonds. The normalized spacial score (nSPS) is 24.6. The molecule has 2 heterocycles. The van der Waals surface area contributed by atoms with E-state index < -0.39 is 5.25 Å². The Bertz CT molecular complexity index is 502. The highest BCUT2D eigenvalue weighted by Gasteiger charge is 2.41. The van der Waals surface area contributed by atoms with Crippen molar-refractivity contribution in [2.75, 3.05) is 33.4 Å². The Morgan fingerprint density at radius 2 is 2.25 bits per heavy atom. The molecule has 9 heteroatoms. The van der Waals surface area contributed by atoms with Crippen LogP contribution < -0.4 is 5.32 Å². The van der Waals surface area contributed by atoms with Crippen LogP contribution in [0.1, 0.15) is 25.7 Å². The van der Waals surface area contributed by atoms with Gasteiger partial charge < -0.3 is 14.8 Å². The number of hydrogen-bond donors (Lipinski definition) is 1. The summed E-state index contributed by atoms with van der Waals surface area (Å²) in [6.45, 7) is 1.65. The number of carbonyl (C=O) groups excluding carboxylic acids is 4. The summed E-state index contributed by atoms with van der Waals surface area (Å²) in [5.74, 6) is -0.750. The van der Waals surface area contributed by atoms with Crippen molar-refractivity contribution in [1.82, 2.24) is 14.5 Å². The van der Waals surface area contributed by atoms with Gasteiger partial charge in [0, 0.05) is 39.6 Å². The fourth-order valence-electron chi connectivity index (χ4n) is 2.76. The lowest BCUT2D eigenvalue weighted by molar-refractivity contribution is -0.138. The van der Waals surface area contributed by atoms with Crippen LogP contribution in [0, 0.1) is 0 Å². The second-order valence-corrected chi connectivity index (χ2v) is 7.01. The fraction of sp³-hybridized carbons (Fsp3) is 0.733. The highest BCUT2D eigenvalue weighted by molar-refractivity contribution is 7.98. The summed E-state index contributed by atoms with van der Waals surface area (Å²) < 4.78 is 6.73. The molecule has 0 aromatic carbocycles. The molecule has 2 saturated heterocycles. The number of methoxy groups -OCH3 is 1. The molecule has 0 aromatic heterocycles. The van der Waals surface area contributed by atoms with Crippen LogP contribution in [0.3, 0.4) is 0 Å². The van der Waals surface area contributed by atoms with E-state index in [0.717, 1.165) is 30.6 Å². The summed E-state index contributed by atoms with van der Waals surface area (Å²) in [5.41, 5.74) is 0. The zero-order valence-corrected chi connectivity index (χ0v) is 14.5. The molecule has 2 aliphatic heterocycles. The molecule has 24 heavy (non-hydrogen) atoms. The molecule has 2 atom stereocenters. The van der Waals surface area contributed by atoms with E-state index in [2.05, 4.69) is 5.32 Å². The highest BCUT2D eigenvalue weighted by atomic mass is 32.2. The first-order valence-electron chi connectivity index (χ1n) is 8.05. The van der Waals surface area contributed by atoms with Crippen LogP contribution >= 0.6 is 11.9 Å². The number of carbonyl (C=O) groups is 4. The molecular weight excluding hydrogens is 334 g/mol. The molecule has 2 fully saturated rings. The fourth-order valence-corrected chi connectivity index (χ4v) is 4.07. The lowest BCUT2D eigenvalue weighted by Crippen LogP contribution is -2.37. The number of imide groups is 1. The average Bonchev–Trinajstić information content (AvgIpc) is 3.11. The third-order valence-electron chi connectivity index (χ3n) is 4.06. The Morgan fingerprint density at radius 3 is 2.96 bits per heavy atom. The monoisotopic (exact) mass is 357 g/mol. The molecule has 0 saturated carbocycles. The summed E-state index contributed by atoms with van der Waals surface area (Å²) in [6.07, 6.45) is 2.80. The largest absolute Gasteiger partial charge is 0.383 e. The molecule has 8 nitrogen and oxygen atoms in total. The molecular formula is C15H23N3O5S. The molecule has 0 aliphatic carbocycles. The molecule has 1 N–H and O–H groups in total. The number of nitrogens with zero attached hydrogens (tertiary/aromatic N) is 2. The van der Waals surface area contributed by atoms with Crippen LogP contribution in [0.2, 0.25) is 0 Å². The van der Waals surface area contributed by atoms with Gasteiger partial charge in [0.1, 0.15) is 11.5 Å². The molecule has 0 aromatic rings. The summed E-state index contributed by atoms with van der Waals surface area (Å²) in [6, 6.07) is -0.182. The minimum Gasteiger partial charge on any atom is -0.383 e. The summed E-state index contributed by atoms with van der Waals surface area (Å²) in [5, 5.41) is 2.16. The predicted octanol–water partition coefficient (Wildman–Crippen LogP) is -0.422. The van der Waals surface area contributed by atoms with Crippen molar-refractivity contribution in [3.8, 4) is 0 Å². The molecule has 0 spiro atoms. The van der Waals surface area contributed by atoms with Gasteiger partial charge in [0.05, 0.1) is 12.6 Å². The predicted molar refractivity (Wildman–Crippen MR) is 88.0 cm³/mol. The van der Waals surface area contributed by atoms with Crippen LogP contribution in [0.15, 0.2) is 0 Å². The van der Waals surface area contributed by atoms with E-state index in [-0.39, 0.29) is 43.1 Å². The lowest BCUT2D eigenvalue weighted by atomic mass is 10.2. The first kappa shape index (κ1) is 18.9. The minimum absolute atomic E-state index is 0.0826. The number of nitrogens with one attached hydrogen (secondary N) is 1.